The highest BCUT2D eigenvalue weighted by molar-refractivity contribution is 9.10. The molecule has 0 bridgehead atoms. The number of hydrogen-bond donors (Lipinski definition) is 2. The molecule has 0 heterocycles. The average Bonchev–Trinajstić information content (AvgIpc) is 2.51. The highest BCUT2D eigenvalue weighted by atomic mass is 79.9. The fourth-order valence-electron chi connectivity index (χ4n) is 1.82. The molecule has 0 aromatic heterocycles. The number of hydrogen-bond acceptors (Lipinski definition) is 4. The smallest absolute Gasteiger partial charge is 0.244 e. The Morgan fingerprint density at radius 3 is 2.77 bits per heavy atom. The van der Waals surface area contributed by atoms with Crippen molar-refractivity contribution >= 4 is 28.1 Å². The van der Waals surface area contributed by atoms with E-state index in [1.54, 1.807) is 12.1 Å². The molecule has 114 valence electrons. The summed E-state index contributed by atoms with van der Waals surface area (Å²) in [7, 11) is 1.46. The van der Waals surface area contributed by atoms with Crippen molar-refractivity contribution in [3.63, 3.8) is 0 Å². The van der Waals surface area contributed by atoms with Gasteiger partial charge in [-0.05, 0) is 39.2 Å². The van der Waals surface area contributed by atoms with Gasteiger partial charge in [-0.15, -0.1) is 0 Å². The van der Waals surface area contributed by atoms with Crippen LogP contribution in [-0.2, 0) is 11.2 Å². The van der Waals surface area contributed by atoms with Crippen LogP contribution in [0.2, 0.25) is 0 Å². The third-order valence-electron chi connectivity index (χ3n) is 2.88. The topological polar surface area (TPSA) is 70.9 Å². The largest absolute Gasteiger partial charge is 0.503 e. The van der Waals surface area contributed by atoms with Crippen molar-refractivity contribution in [1.29, 1.82) is 0 Å². The standard InChI is InChI=1S/C16H15BrN2O3/c1-22-14-8-12(7-13(17)16(14)21)10-18-19-15(20)9-11-5-3-2-4-6-11/h2-8,10,21H,9H2,1H3,(H,19,20). The van der Waals surface area contributed by atoms with Gasteiger partial charge in [-0.25, -0.2) is 5.43 Å². The average molecular weight is 363 g/mol. The number of hydrazone groups is 1. The lowest BCUT2D eigenvalue weighted by Gasteiger charge is -2.06. The van der Waals surface area contributed by atoms with E-state index in [1.807, 2.05) is 30.3 Å². The van der Waals surface area contributed by atoms with Crippen molar-refractivity contribution in [3.8, 4) is 11.5 Å². The SMILES string of the molecule is COc1cc(C=NNC(=O)Cc2ccccc2)cc(Br)c1O. The van der Waals surface area contributed by atoms with Crippen LogP contribution in [0, 0.1) is 0 Å². The summed E-state index contributed by atoms with van der Waals surface area (Å²) in [5.41, 5.74) is 4.07. The monoisotopic (exact) mass is 362 g/mol. The van der Waals surface area contributed by atoms with Crippen molar-refractivity contribution < 1.29 is 14.6 Å². The van der Waals surface area contributed by atoms with Crippen LogP contribution in [0.25, 0.3) is 0 Å². The number of methoxy groups -OCH3 is 1. The first-order chi connectivity index (χ1) is 10.6. The third-order valence-corrected chi connectivity index (χ3v) is 3.49. The maximum atomic E-state index is 11.7. The Balaban J connectivity index is 1.98. The zero-order valence-electron chi connectivity index (χ0n) is 11.9. The minimum Gasteiger partial charge on any atom is -0.503 e. The number of nitrogens with one attached hydrogen (secondary N) is 1. The van der Waals surface area contributed by atoms with E-state index in [0.717, 1.165) is 5.56 Å². The lowest BCUT2D eigenvalue weighted by Crippen LogP contribution is -2.19. The fraction of sp³-hybridized carbons (Fsp3) is 0.125. The Kier molecular flexibility index (Phi) is 5.55. The van der Waals surface area contributed by atoms with Gasteiger partial charge in [-0.1, -0.05) is 30.3 Å². The molecule has 1 amide bonds. The van der Waals surface area contributed by atoms with E-state index in [0.29, 0.717) is 15.8 Å². The first-order valence-corrected chi connectivity index (χ1v) is 7.32. The summed E-state index contributed by atoms with van der Waals surface area (Å²) in [6.45, 7) is 0. The number of halogens is 1. The summed E-state index contributed by atoms with van der Waals surface area (Å²) in [5, 5.41) is 13.6. The van der Waals surface area contributed by atoms with Gasteiger partial charge in [-0.3, -0.25) is 4.79 Å². The molecule has 0 aliphatic carbocycles. The normalized spacial score (nSPS) is 10.6. The van der Waals surface area contributed by atoms with Crippen LogP contribution < -0.4 is 10.2 Å². The van der Waals surface area contributed by atoms with Gasteiger partial charge in [0.25, 0.3) is 0 Å². The maximum absolute atomic E-state index is 11.7. The Morgan fingerprint density at radius 2 is 2.09 bits per heavy atom. The maximum Gasteiger partial charge on any atom is 0.244 e. The van der Waals surface area contributed by atoms with E-state index >= 15 is 0 Å². The number of amides is 1. The van der Waals surface area contributed by atoms with Crippen LogP contribution in [-0.4, -0.2) is 24.3 Å². The molecule has 2 rings (SSSR count). The fourth-order valence-corrected chi connectivity index (χ4v) is 2.28. The number of carbonyl (C=O) groups excluding carboxylic acids is 1. The van der Waals surface area contributed by atoms with E-state index in [9.17, 15) is 9.90 Å². The number of benzene rings is 2. The molecule has 0 saturated heterocycles. The quantitative estimate of drug-likeness (QED) is 0.634. The van der Waals surface area contributed by atoms with Gasteiger partial charge < -0.3 is 9.84 Å². The van der Waals surface area contributed by atoms with Gasteiger partial charge in [0.15, 0.2) is 11.5 Å². The summed E-state index contributed by atoms with van der Waals surface area (Å²) in [6.07, 6.45) is 1.75. The predicted octanol–water partition coefficient (Wildman–Crippen LogP) is 2.86. The van der Waals surface area contributed by atoms with E-state index in [2.05, 4.69) is 26.5 Å². The third kappa shape index (κ3) is 4.33. The molecule has 0 saturated carbocycles. The van der Waals surface area contributed by atoms with Gasteiger partial charge in [0.05, 0.1) is 24.2 Å². The second kappa shape index (κ2) is 7.61. The minimum absolute atomic E-state index is 0.0211. The van der Waals surface area contributed by atoms with Crippen molar-refractivity contribution in [2.24, 2.45) is 5.10 Å². The van der Waals surface area contributed by atoms with Crippen molar-refractivity contribution in [2.45, 2.75) is 6.42 Å². The molecule has 0 fully saturated rings. The summed E-state index contributed by atoms with van der Waals surface area (Å²) in [5.74, 6) is 0.145. The van der Waals surface area contributed by atoms with E-state index < -0.39 is 0 Å². The number of phenols is 1. The summed E-state index contributed by atoms with van der Waals surface area (Å²) in [6, 6.07) is 12.7. The highest BCUT2D eigenvalue weighted by Crippen LogP contribution is 2.34. The Morgan fingerprint density at radius 1 is 1.36 bits per heavy atom. The van der Waals surface area contributed by atoms with Gasteiger partial charge >= 0.3 is 0 Å². The molecule has 22 heavy (non-hydrogen) atoms. The number of phenolic OH excluding ortho intramolecular Hbond substituents is 1. The highest BCUT2D eigenvalue weighted by Gasteiger charge is 2.07. The van der Waals surface area contributed by atoms with E-state index in [1.165, 1.54) is 13.3 Å². The van der Waals surface area contributed by atoms with Crippen molar-refractivity contribution in [2.75, 3.05) is 7.11 Å². The van der Waals surface area contributed by atoms with Crippen LogP contribution in [0.3, 0.4) is 0 Å². The number of nitrogens with zero attached hydrogens (tertiary/aromatic N) is 1. The molecule has 6 heteroatoms. The molecule has 0 aliphatic rings. The van der Waals surface area contributed by atoms with Crippen LogP contribution in [0.15, 0.2) is 52.0 Å². The van der Waals surface area contributed by atoms with Crippen LogP contribution >= 0.6 is 15.9 Å². The van der Waals surface area contributed by atoms with Crippen molar-refractivity contribution in [1.82, 2.24) is 5.43 Å². The first kappa shape index (κ1) is 16.0. The molecule has 2 aromatic rings. The van der Waals surface area contributed by atoms with Gasteiger partial charge in [0.2, 0.25) is 5.91 Å². The Bertz CT molecular complexity index is 687. The van der Waals surface area contributed by atoms with E-state index in [-0.39, 0.29) is 18.1 Å². The zero-order valence-corrected chi connectivity index (χ0v) is 13.5. The number of ether oxygens (including phenoxy) is 1. The molecule has 0 unspecified atom stereocenters. The molecule has 5 nitrogen and oxygen atoms in total. The first-order valence-electron chi connectivity index (χ1n) is 6.52. The van der Waals surface area contributed by atoms with E-state index in [4.69, 9.17) is 4.74 Å². The molecule has 2 N–H and O–H groups in total. The summed E-state index contributed by atoms with van der Waals surface area (Å²) >= 11 is 3.22. The molecule has 0 atom stereocenters. The predicted molar refractivity (Wildman–Crippen MR) is 88.2 cm³/mol. The van der Waals surface area contributed by atoms with Crippen molar-refractivity contribution in [3.05, 3.63) is 58.1 Å². The molecule has 0 radical (unpaired) electrons. The van der Waals surface area contributed by atoms with Crippen LogP contribution in [0.1, 0.15) is 11.1 Å². The summed E-state index contributed by atoms with van der Waals surface area (Å²) < 4.78 is 5.53. The molecular weight excluding hydrogens is 348 g/mol. The number of carbonyl (C=O) groups is 1. The summed E-state index contributed by atoms with van der Waals surface area (Å²) in [4.78, 5) is 11.7. The lowest BCUT2D eigenvalue weighted by molar-refractivity contribution is -0.120. The zero-order chi connectivity index (χ0) is 15.9. The molecule has 2 aromatic carbocycles. The number of rotatable bonds is 5. The van der Waals surface area contributed by atoms with Crippen LogP contribution in [0.5, 0.6) is 11.5 Å². The Hall–Kier alpha value is -2.34. The minimum atomic E-state index is -0.202. The number of aromatic hydroxyl groups is 1. The van der Waals surface area contributed by atoms with Gasteiger partial charge in [0.1, 0.15) is 0 Å². The molecule has 0 aliphatic heterocycles. The Labute approximate surface area is 136 Å². The lowest BCUT2D eigenvalue weighted by atomic mass is 10.1. The van der Waals surface area contributed by atoms with Gasteiger partial charge in [0, 0.05) is 0 Å². The van der Waals surface area contributed by atoms with Gasteiger partial charge in [-0.2, -0.15) is 5.10 Å². The molecule has 0 spiro atoms. The molecular formula is C16H15BrN2O3. The second-order valence-electron chi connectivity index (χ2n) is 4.51. The second-order valence-corrected chi connectivity index (χ2v) is 5.36. The van der Waals surface area contributed by atoms with Crippen LogP contribution in [0.4, 0.5) is 0 Å².